The summed E-state index contributed by atoms with van der Waals surface area (Å²) in [4.78, 5) is 19.0. The number of nitrogens with zero attached hydrogens (tertiary/aromatic N) is 1. The monoisotopic (exact) mass is 422 g/mol. The molecule has 0 aliphatic heterocycles. The number of aromatic amines is 1. The van der Waals surface area contributed by atoms with Gasteiger partial charge in [0.25, 0.3) is 0 Å². The molecule has 0 radical (unpaired) electrons. The van der Waals surface area contributed by atoms with E-state index in [1.807, 2.05) is 37.3 Å². The highest BCUT2D eigenvalue weighted by Crippen LogP contribution is 2.30. The first-order valence-corrected chi connectivity index (χ1v) is 9.68. The number of imidazole rings is 1. The number of carboxylic acids is 1. The van der Waals surface area contributed by atoms with E-state index in [-0.39, 0.29) is 12.2 Å². The first kappa shape index (κ1) is 19.8. The zero-order valence-electron chi connectivity index (χ0n) is 16.2. The molecule has 0 atom stereocenters. The fourth-order valence-electron chi connectivity index (χ4n) is 2.97. The maximum atomic E-state index is 11.4. The molecule has 152 valence electrons. The van der Waals surface area contributed by atoms with Crippen molar-refractivity contribution in [3.63, 3.8) is 0 Å². The number of hydrogen-bond acceptors (Lipinski definition) is 4. The maximum absolute atomic E-state index is 11.4. The van der Waals surface area contributed by atoms with Gasteiger partial charge in [0.05, 0.1) is 16.6 Å². The molecule has 0 bridgehead atoms. The van der Waals surface area contributed by atoms with Gasteiger partial charge in [0.15, 0.2) is 11.5 Å². The number of aryl methyl sites for hydroxylation is 1. The Labute approximate surface area is 178 Å². The Morgan fingerprint density at radius 2 is 1.77 bits per heavy atom. The standard InChI is InChI=1S/C23H19ClN2O4/c1-14-2-4-15(5-3-14)12-29-21-10-16(23(27)28)6-9-20(21)30-13-22-25-18-8-7-17(24)11-19(18)26-22/h2-11H,12-13H2,1H3,(H,25,26)(H,27,28). The minimum atomic E-state index is -1.03. The Kier molecular flexibility index (Phi) is 5.59. The summed E-state index contributed by atoms with van der Waals surface area (Å²) >= 11 is 6.01. The van der Waals surface area contributed by atoms with Gasteiger partial charge in [0, 0.05) is 5.02 Å². The summed E-state index contributed by atoms with van der Waals surface area (Å²) in [6.45, 7) is 2.47. The van der Waals surface area contributed by atoms with Crippen LogP contribution in [0.2, 0.25) is 5.02 Å². The van der Waals surface area contributed by atoms with Crippen molar-refractivity contribution in [1.29, 1.82) is 0 Å². The molecule has 4 rings (SSSR count). The van der Waals surface area contributed by atoms with Gasteiger partial charge in [0.2, 0.25) is 0 Å². The Morgan fingerprint density at radius 3 is 2.53 bits per heavy atom. The topological polar surface area (TPSA) is 84.4 Å². The predicted octanol–water partition coefficient (Wildman–Crippen LogP) is 5.38. The van der Waals surface area contributed by atoms with Gasteiger partial charge in [-0.25, -0.2) is 9.78 Å². The smallest absolute Gasteiger partial charge is 0.335 e. The van der Waals surface area contributed by atoms with Gasteiger partial charge in [0.1, 0.15) is 19.0 Å². The number of ether oxygens (including phenoxy) is 2. The van der Waals surface area contributed by atoms with Crippen LogP contribution in [-0.2, 0) is 13.2 Å². The molecule has 0 fully saturated rings. The van der Waals surface area contributed by atoms with E-state index in [1.165, 1.54) is 12.1 Å². The number of aromatic carboxylic acids is 1. The summed E-state index contributed by atoms with van der Waals surface area (Å²) in [5.41, 5.74) is 3.86. The largest absolute Gasteiger partial charge is 0.485 e. The summed E-state index contributed by atoms with van der Waals surface area (Å²) in [6.07, 6.45) is 0. The molecule has 2 N–H and O–H groups in total. The van der Waals surface area contributed by atoms with E-state index in [4.69, 9.17) is 21.1 Å². The number of halogens is 1. The highest BCUT2D eigenvalue weighted by Gasteiger charge is 2.13. The minimum Gasteiger partial charge on any atom is -0.485 e. The molecule has 1 heterocycles. The molecule has 0 aliphatic carbocycles. The lowest BCUT2D eigenvalue weighted by molar-refractivity contribution is 0.0696. The number of aromatic nitrogens is 2. The van der Waals surface area contributed by atoms with E-state index in [9.17, 15) is 9.90 Å². The third-order valence-electron chi connectivity index (χ3n) is 4.56. The van der Waals surface area contributed by atoms with Crippen molar-refractivity contribution in [1.82, 2.24) is 9.97 Å². The molecule has 0 saturated carbocycles. The molecule has 0 spiro atoms. The molecule has 0 aliphatic rings. The lowest BCUT2D eigenvalue weighted by Gasteiger charge is -2.13. The minimum absolute atomic E-state index is 0.125. The molecular formula is C23H19ClN2O4. The fourth-order valence-corrected chi connectivity index (χ4v) is 3.14. The van der Waals surface area contributed by atoms with E-state index in [0.29, 0.717) is 29.0 Å². The fraction of sp³-hybridized carbons (Fsp3) is 0.130. The Bertz CT molecular complexity index is 1200. The van der Waals surface area contributed by atoms with Crippen LogP contribution in [0.1, 0.15) is 27.3 Å². The number of carbonyl (C=O) groups is 1. The van der Waals surface area contributed by atoms with Crippen LogP contribution >= 0.6 is 11.6 Å². The molecule has 6 nitrogen and oxygen atoms in total. The van der Waals surface area contributed by atoms with Gasteiger partial charge in [-0.05, 0) is 48.9 Å². The number of fused-ring (bicyclic) bond motifs is 1. The predicted molar refractivity (Wildman–Crippen MR) is 114 cm³/mol. The quantitative estimate of drug-likeness (QED) is 0.417. The highest BCUT2D eigenvalue weighted by molar-refractivity contribution is 6.31. The summed E-state index contributed by atoms with van der Waals surface area (Å²) in [7, 11) is 0. The van der Waals surface area contributed by atoms with Gasteiger partial charge in [-0.2, -0.15) is 0 Å². The lowest BCUT2D eigenvalue weighted by atomic mass is 10.1. The number of carboxylic acid groups (broad SMARTS) is 1. The number of hydrogen-bond donors (Lipinski definition) is 2. The van der Waals surface area contributed by atoms with Gasteiger partial charge >= 0.3 is 5.97 Å². The molecule has 4 aromatic rings. The van der Waals surface area contributed by atoms with E-state index in [0.717, 1.165) is 22.2 Å². The molecule has 0 amide bonds. The molecule has 0 unspecified atom stereocenters. The number of rotatable bonds is 7. The van der Waals surface area contributed by atoms with Crippen LogP contribution in [-0.4, -0.2) is 21.0 Å². The highest BCUT2D eigenvalue weighted by atomic mass is 35.5. The molecule has 7 heteroatoms. The zero-order valence-corrected chi connectivity index (χ0v) is 16.9. The van der Waals surface area contributed by atoms with Gasteiger partial charge in [-0.1, -0.05) is 41.4 Å². The van der Waals surface area contributed by atoms with Crippen LogP contribution in [0.4, 0.5) is 0 Å². The Morgan fingerprint density at radius 1 is 1.00 bits per heavy atom. The van der Waals surface area contributed by atoms with Crippen LogP contribution in [0.3, 0.4) is 0 Å². The van der Waals surface area contributed by atoms with Crippen molar-refractivity contribution in [3.8, 4) is 11.5 Å². The third-order valence-corrected chi connectivity index (χ3v) is 4.80. The second-order valence-electron chi connectivity index (χ2n) is 6.87. The molecule has 3 aromatic carbocycles. The number of H-pyrrole nitrogens is 1. The van der Waals surface area contributed by atoms with E-state index < -0.39 is 5.97 Å². The van der Waals surface area contributed by atoms with E-state index in [2.05, 4.69) is 9.97 Å². The molecular weight excluding hydrogens is 404 g/mol. The average molecular weight is 423 g/mol. The van der Waals surface area contributed by atoms with Crippen LogP contribution in [0.5, 0.6) is 11.5 Å². The van der Waals surface area contributed by atoms with Crippen LogP contribution in [0.15, 0.2) is 60.7 Å². The van der Waals surface area contributed by atoms with Gasteiger partial charge < -0.3 is 19.6 Å². The van der Waals surface area contributed by atoms with E-state index in [1.54, 1.807) is 18.2 Å². The summed E-state index contributed by atoms with van der Waals surface area (Å²) < 4.78 is 11.8. The Balaban J connectivity index is 1.53. The summed E-state index contributed by atoms with van der Waals surface area (Å²) in [5, 5.41) is 9.92. The van der Waals surface area contributed by atoms with Crippen molar-refractivity contribution in [2.24, 2.45) is 0 Å². The molecule has 30 heavy (non-hydrogen) atoms. The third kappa shape index (κ3) is 4.55. The van der Waals surface area contributed by atoms with Crippen molar-refractivity contribution < 1.29 is 19.4 Å². The van der Waals surface area contributed by atoms with Crippen molar-refractivity contribution in [2.75, 3.05) is 0 Å². The summed E-state index contributed by atoms with van der Waals surface area (Å²) in [5.74, 6) is 0.384. The van der Waals surface area contributed by atoms with Crippen molar-refractivity contribution in [3.05, 3.63) is 88.2 Å². The average Bonchev–Trinajstić information content (AvgIpc) is 3.14. The maximum Gasteiger partial charge on any atom is 0.335 e. The number of nitrogens with one attached hydrogen (secondary N) is 1. The zero-order chi connectivity index (χ0) is 21.1. The second-order valence-corrected chi connectivity index (χ2v) is 7.31. The molecule has 0 saturated heterocycles. The van der Waals surface area contributed by atoms with Crippen LogP contribution in [0, 0.1) is 6.92 Å². The van der Waals surface area contributed by atoms with Crippen molar-refractivity contribution >= 4 is 28.6 Å². The molecule has 1 aromatic heterocycles. The summed E-state index contributed by atoms with van der Waals surface area (Å²) in [6, 6.07) is 17.9. The number of benzene rings is 3. The van der Waals surface area contributed by atoms with Gasteiger partial charge in [-0.3, -0.25) is 0 Å². The lowest BCUT2D eigenvalue weighted by Crippen LogP contribution is -2.04. The van der Waals surface area contributed by atoms with Gasteiger partial charge in [-0.15, -0.1) is 0 Å². The normalized spacial score (nSPS) is 10.9. The SMILES string of the molecule is Cc1ccc(COc2cc(C(=O)O)ccc2OCc2nc3ccc(Cl)cc3[nH]2)cc1. The van der Waals surface area contributed by atoms with Crippen LogP contribution in [0.25, 0.3) is 11.0 Å². The van der Waals surface area contributed by atoms with E-state index >= 15 is 0 Å². The van der Waals surface area contributed by atoms with Crippen LogP contribution < -0.4 is 9.47 Å². The Hall–Kier alpha value is -3.51. The first-order chi connectivity index (χ1) is 14.5. The van der Waals surface area contributed by atoms with Crippen molar-refractivity contribution in [2.45, 2.75) is 20.1 Å². The second kappa shape index (κ2) is 8.47. The first-order valence-electron chi connectivity index (χ1n) is 9.30.